The molecule has 0 spiro atoms. The van der Waals surface area contributed by atoms with Gasteiger partial charge < -0.3 is 9.84 Å². The molecule has 2 aromatic carbocycles. The highest BCUT2D eigenvalue weighted by molar-refractivity contribution is 5.83. The van der Waals surface area contributed by atoms with Crippen molar-refractivity contribution in [3.05, 3.63) is 63.7 Å². The highest BCUT2D eigenvalue weighted by Gasteiger charge is 2.16. The van der Waals surface area contributed by atoms with Gasteiger partial charge in [0.2, 0.25) is 0 Å². The molecule has 0 bridgehead atoms. The Morgan fingerprint density at radius 3 is 2.88 bits per heavy atom. The molecule has 8 heteroatoms. The second-order valence-corrected chi connectivity index (χ2v) is 4.91. The normalized spacial score (nSPS) is 10.5. The average Bonchev–Trinajstić information content (AvgIpc) is 2.53. The number of carbonyl (C=O) groups is 1. The molecule has 24 heavy (non-hydrogen) atoms. The minimum Gasteiger partial charge on any atom is -0.508 e. The van der Waals surface area contributed by atoms with Crippen LogP contribution >= 0.6 is 0 Å². The van der Waals surface area contributed by atoms with Gasteiger partial charge in [0.25, 0.3) is 5.91 Å². The van der Waals surface area contributed by atoms with Gasteiger partial charge in [-0.1, -0.05) is 18.2 Å². The fourth-order valence-corrected chi connectivity index (χ4v) is 1.85. The summed E-state index contributed by atoms with van der Waals surface area (Å²) >= 11 is 0. The Morgan fingerprint density at radius 1 is 1.38 bits per heavy atom. The number of hydrogen-bond acceptors (Lipinski definition) is 6. The zero-order valence-corrected chi connectivity index (χ0v) is 12.8. The highest BCUT2D eigenvalue weighted by atomic mass is 16.6. The minimum absolute atomic E-state index is 0.0118. The highest BCUT2D eigenvalue weighted by Crippen LogP contribution is 2.27. The number of phenols is 1. The van der Waals surface area contributed by atoms with Crippen molar-refractivity contribution in [1.29, 1.82) is 0 Å². The average molecular weight is 329 g/mol. The zero-order valence-electron chi connectivity index (χ0n) is 12.8. The van der Waals surface area contributed by atoms with Gasteiger partial charge in [0.05, 0.1) is 11.1 Å². The van der Waals surface area contributed by atoms with Gasteiger partial charge in [-0.3, -0.25) is 14.9 Å². The summed E-state index contributed by atoms with van der Waals surface area (Å²) in [4.78, 5) is 22.0. The minimum atomic E-state index is -0.569. The maximum absolute atomic E-state index is 11.7. The molecule has 0 saturated heterocycles. The van der Waals surface area contributed by atoms with Crippen LogP contribution in [-0.2, 0) is 4.79 Å². The van der Waals surface area contributed by atoms with E-state index in [1.165, 1.54) is 30.5 Å². The largest absolute Gasteiger partial charge is 0.508 e. The summed E-state index contributed by atoms with van der Waals surface area (Å²) in [5, 5.41) is 24.0. The molecule has 2 aromatic rings. The molecule has 0 aliphatic heterocycles. The van der Waals surface area contributed by atoms with E-state index in [0.29, 0.717) is 11.1 Å². The predicted octanol–water partition coefficient (Wildman–Crippen LogP) is 2.14. The third kappa shape index (κ3) is 4.80. The van der Waals surface area contributed by atoms with E-state index in [9.17, 15) is 20.0 Å². The maximum Gasteiger partial charge on any atom is 0.311 e. The van der Waals surface area contributed by atoms with Crippen molar-refractivity contribution in [3.63, 3.8) is 0 Å². The molecule has 2 N–H and O–H groups in total. The second kappa shape index (κ2) is 7.73. The number of nitro groups is 1. The van der Waals surface area contributed by atoms with Crippen LogP contribution in [0.5, 0.6) is 11.5 Å². The van der Waals surface area contributed by atoms with Crippen LogP contribution in [0.3, 0.4) is 0 Å². The Morgan fingerprint density at radius 2 is 2.17 bits per heavy atom. The van der Waals surface area contributed by atoms with Crippen LogP contribution in [0.4, 0.5) is 5.69 Å². The summed E-state index contributed by atoms with van der Waals surface area (Å²) in [5.41, 5.74) is 3.35. The second-order valence-electron chi connectivity index (χ2n) is 4.91. The van der Waals surface area contributed by atoms with E-state index in [1.54, 1.807) is 25.1 Å². The number of rotatable bonds is 6. The van der Waals surface area contributed by atoms with E-state index >= 15 is 0 Å². The van der Waals surface area contributed by atoms with Crippen LogP contribution in [0.2, 0.25) is 0 Å². The number of nitrogens with zero attached hydrogens (tertiary/aromatic N) is 2. The van der Waals surface area contributed by atoms with Gasteiger partial charge >= 0.3 is 5.69 Å². The van der Waals surface area contributed by atoms with Crippen molar-refractivity contribution >= 4 is 17.8 Å². The first-order valence-corrected chi connectivity index (χ1v) is 6.94. The standard InChI is InChI=1S/C16H15N3O5/c1-11-5-6-15(14(7-11)19(22)23)24-10-16(21)18-17-9-12-3-2-4-13(20)8-12/h2-9,20H,10H2,1H3,(H,18,21)/b17-9+. The lowest BCUT2D eigenvalue weighted by Gasteiger charge is -2.06. The lowest BCUT2D eigenvalue weighted by molar-refractivity contribution is -0.385. The van der Waals surface area contributed by atoms with E-state index in [1.807, 2.05) is 0 Å². The van der Waals surface area contributed by atoms with Crippen LogP contribution in [0.15, 0.2) is 47.6 Å². The van der Waals surface area contributed by atoms with Gasteiger partial charge in [-0.2, -0.15) is 5.10 Å². The summed E-state index contributed by atoms with van der Waals surface area (Å²) in [6.07, 6.45) is 1.35. The van der Waals surface area contributed by atoms with Crippen LogP contribution in [-0.4, -0.2) is 28.8 Å². The summed E-state index contributed by atoms with van der Waals surface area (Å²) in [5.74, 6) is -0.473. The van der Waals surface area contributed by atoms with Gasteiger partial charge in [0.15, 0.2) is 12.4 Å². The van der Waals surface area contributed by atoms with Gasteiger partial charge in [-0.25, -0.2) is 5.43 Å². The van der Waals surface area contributed by atoms with Crippen molar-refractivity contribution in [2.24, 2.45) is 5.10 Å². The summed E-state index contributed by atoms with van der Waals surface area (Å²) in [7, 11) is 0. The Hall–Kier alpha value is -3.42. The van der Waals surface area contributed by atoms with Crippen molar-refractivity contribution in [2.75, 3.05) is 6.61 Å². The van der Waals surface area contributed by atoms with Crippen molar-refractivity contribution in [3.8, 4) is 11.5 Å². The molecule has 8 nitrogen and oxygen atoms in total. The number of carbonyl (C=O) groups excluding carboxylic acids is 1. The number of hydrazone groups is 1. The molecule has 0 radical (unpaired) electrons. The summed E-state index contributed by atoms with van der Waals surface area (Å²) in [6, 6.07) is 10.8. The monoisotopic (exact) mass is 329 g/mol. The Labute approximate surface area is 137 Å². The van der Waals surface area contributed by atoms with E-state index in [-0.39, 0.29) is 17.2 Å². The third-order valence-electron chi connectivity index (χ3n) is 2.94. The predicted molar refractivity (Wildman–Crippen MR) is 87.2 cm³/mol. The molecule has 1 amide bonds. The molecule has 0 aliphatic carbocycles. The van der Waals surface area contributed by atoms with Gasteiger partial charge in [-0.15, -0.1) is 0 Å². The fourth-order valence-electron chi connectivity index (χ4n) is 1.85. The number of amides is 1. The number of aromatic hydroxyl groups is 1. The number of phenolic OH excluding ortho intramolecular Hbond substituents is 1. The molecule has 0 fully saturated rings. The van der Waals surface area contributed by atoms with Crippen LogP contribution < -0.4 is 10.2 Å². The molecular weight excluding hydrogens is 314 g/mol. The molecule has 0 atom stereocenters. The first-order valence-electron chi connectivity index (χ1n) is 6.94. The van der Waals surface area contributed by atoms with E-state index in [2.05, 4.69) is 10.5 Å². The van der Waals surface area contributed by atoms with Crippen molar-refractivity contribution in [1.82, 2.24) is 5.43 Å². The first kappa shape index (κ1) is 16.9. The number of aryl methyl sites for hydroxylation is 1. The van der Waals surface area contributed by atoms with Gasteiger partial charge in [0.1, 0.15) is 5.75 Å². The van der Waals surface area contributed by atoms with Crippen molar-refractivity contribution in [2.45, 2.75) is 6.92 Å². The number of nitrogens with one attached hydrogen (secondary N) is 1. The zero-order chi connectivity index (χ0) is 17.5. The van der Waals surface area contributed by atoms with E-state index in [0.717, 1.165) is 0 Å². The Kier molecular flexibility index (Phi) is 5.45. The first-order chi connectivity index (χ1) is 11.5. The molecule has 0 aromatic heterocycles. The molecule has 0 saturated carbocycles. The third-order valence-corrected chi connectivity index (χ3v) is 2.94. The smallest absolute Gasteiger partial charge is 0.311 e. The van der Waals surface area contributed by atoms with Gasteiger partial charge in [-0.05, 0) is 36.2 Å². The van der Waals surface area contributed by atoms with Gasteiger partial charge in [0, 0.05) is 6.07 Å². The summed E-state index contributed by atoms with van der Waals surface area (Å²) in [6.45, 7) is 1.31. The van der Waals surface area contributed by atoms with E-state index in [4.69, 9.17) is 4.74 Å². The molecule has 0 unspecified atom stereocenters. The summed E-state index contributed by atoms with van der Waals surface area (Å²) < 4.78 is 5.17. The number of benzene rings is 2. The number of ether oxygens (including phenoxy) is 1. The van der Waals surface area contributed by atoms with Crippen LogP contribution in [0.1, 0.15) is 11.1 Å². The lowest BCUT2D eigenvalue weighted by Crippen LogP contribution is -2.24. The van der Waals surface area contributed by atoms with Crippen LogP contribution in [0, 0.1) is 17.0 Å². The van der Waals surface area contributed by atoms with Crippen LogP contribution in [0.25, 0.3) is 0 Å². The quantitative estimate of drug-likeness (QED) is 0.479. The molecule has 124 valence electrons. The molecule has 2 rings (SSSR count). The Balaban J connectivity index is 1.91. The Bertz CT molecular complexity index is 789. The molecule has 0 heterocycles. The lowest BCUT2D eigenvalue weighted by atomic mass is 10.2. The maximum atomic E-state index is 11.7. The van der Waals surface area contributed by atoms with E-state index < -0.39 is 17.4 Å². The van der Waals surface area contributed by atoms with Crippen molar-refractivity contribution < 1.29 is 19.6 Å². The SMILES string of the molecule is Cc1ccc(OCC(=O)N/N=C/c2cccc(O)c2)c([N+](=O)[O-])c1. The molecule has 0 aliphatic rings. The molecular formula is C16H15N3O5. The fraction of sp³-hybridized carbons (Fsp3) is 0.125. The number of hydrogen-bond donors (Lipinski definition) is 2. The topological polar surface area (TPSA) is 114 Å². The number of nitro benzene ring substituents is 1.